The van der Waals surface area contributed by atoms with Gasteiger partial charge in [-0.05, 0) is 55.8 Å². The van der Waals surface area contributed by atoms with E-state index in [1.54, 1.807) is 12.4 Å². The number of pyridine rings is 1. The van der Waals surface area contributed by atoms with Gasteiger partial charge in [0, 0.05) is 25.0 Å². The Kier molecular flexibility index (Phi) is 3.78. The first-order chi connectivity index (χ1) is 9.33. The van der Waals surface area contributed by atoms with Crippen LogP contribution in [0.25, 0.3) is 0 Å². The number of amides is 1. The second kappa shape index (κ2) is 5.70. The first-order valence-electron chi connectivity index (χ1n) is 7.22. The van der Waals surface area contributed by atoms with Gasteiger partial charge in [-0.2, -0.15) is 0 Å². The van der Waals surface area contributed by atoms with Gasteiger partial charge in [0.25, 0.3) is 0 Å². The van der Waals surface area contributed by atoms with E-state index in [0.29, 0.717) is 12.6 Å². The molecule has 0 aromatic carbocycles. The average Bonchev–Trinajstić information content (AvgIpc) is 3.29. The van der Waals surface area contributed by atoms with Gasteiger partial charge in [0.05, 0.1) is 6.54 Å². The molecule has 0 saturated heterocycles. The van der Waals surface area contributed by atoms with Crippen LogP contribution in [0.5, 0.6) is 0 Å². The number of hydrogen-bond donors (Lipinski definition) is 1. The number of hydrogen-bond acceptors (Lipinski definition) is 3. The highest BCUT2D eigenvalue weighted by Crippen LogP contribution is 2.29. The van der Waals surface area contributed by atoms with Gasteiger partial charge in [0.15, 0.2) is 0 Å². The van der Waals surface area contributed by atoms with Crippen LogP contribution in [-0.4, -0.2) is 34.9 Å². The maximum Gasteiger partial charge on any atom is 0.237 e. The van der Waals surface area contributed by atoms with Gasteiger partial charge in [-0.1, -0.05) is 0 Å². The summed E-state index contributed by atoms with van der Waals surface area (Å²) in [5.41, 5.74) is 1.16. The molecule has 1 aromatic heterocycles. The molecule has 19 heavy (non-hydrogen) atoms. The third-order valence-corrected chi connectivity index (χ3v) is 3.82. The highest BCUT2D eigenvalue weighted by molar-refractivity contribution is 5.79. The molecule has 1 heterocycles. The molecule has 4 heteroatoms. The van der Waals surface area contributed by atoms with Crippen molar-refractivity contribution in [2.45, 2.75) is 38.3 Å². The van der Waals surface area contributed by atoms with E-state index >= 15 is 0 Å². The van der Waals surface area contributed by atoms with Crippen molar-refractivity contribution >= 4 is 5.91 Å². The summed E-state index contributed by atoms with van der Waals surface area (Å²) in [6, 6.07) is 4.43. The number of aromatic nitrogens is 1. The van der Waals surface area contributed by atoms with Crippen LogP contribution in [0, 0.1) is 5.92 Å². The van der Waals surface area contributed by atoms with Crippen LogP contribution in [0.1, 0.15) is 31.2 Å². The van der Waals surface area contributed by atoms with E-state index in [1.807, 2.05) is 17.0 Å². The summed E-state index contributed by atoms with van der Waals surface area (Å²) in [5.74, 6) is 1.06. The smallest absolute Gasteiger partial charge is 0.237 e. The Hall–Kier alpha value is -1.42. The first-order valence-corrected chi connectivity index (χ1v) is 7.22. The minimum atomic E-state index is 0.236. The van der Waals surface area contributed by atoms with Crippen molar-refractivity contribution < 1.29 is 4.79 Å². The monoisotopic (exact) mass is 259 g/mol. The Morgan fingerprint density at radius 2 is 2.00 bits per heavy atom. The predicted molar refractivity (Wildman–Crippen MR) is 73.4 cm³/mol. The number of nitrogens with one attached hydrogen (secondary N) is 1. The topological polar surface area (TPSA) is 45.2 Å². The average molecular weight is 259 g/mol. The second-order valence-electron chi connectivity index (χ2n) is 5.68. The van der Waals surface area contributed by atoms with Gasteiger partial charge in [-0.25, -0.2) is 0 Å². The lowest BCUT2D eigenvalue weighted by molar-refractivity contribution is -0.131. The number of rotatable bonds is 7. The quantitative estimate of drug-likeness (QED) is 0.808. The zero-order valence-electron chi connectivity index (χ0n) is 11.2. The van der Waals surface area contributed by atoms with Gasteiger partial charge in [-0.3, -0.25) is 9.78 Å². The fourth-order valence-electron chi connectivity index (χ4n) is 2.30. The van der Waals surface area contributed by atoms with E-state index in [9.17, 15) is 4.79 Å². The van der Waals surface area contributed by atoms with Crippen LogP contribution < -0.4 is 5.32 Å². The van der Waals surface area contributed by atoms with Crippen molar-refractivity contribution in [2.24, 2.45) is 5.92 Å². The van der Waals surface area contributed by atoms with Crippen molar-refractivity contribution in [1.82, 2.24) is 15.2 Å². The van der Waals surface area contributed by atoms with E-state index in [4.69, 9.17) is 0 Å². The summed E-state index contributed by atoms with van der Waals surface area (Å²) in [7, 11) is 0. The van der Waals surface area contributed by atoms with Gasteiger partial charge in [0.1, 0.15) is 0 Å². The number of nitrogens with zero attached hydrogens (tertiary/aromatic N) is 2. The summed E-state index contributed by atoms with van der Waals surface area (Å²) in [6.07, 6.45) is 8.53. The van der Waals surface area contributed by atoms with Crippen molar-refractivity contribution in [1.29, 1.82) is 0 Å². The van der Waals surface area contributed by atoms with Crippen LogP contribution in [0.4, 0.5) is 0 Å². The Bertz CT molecular complexity index is 426. The molecule has 0 radical (unpaired) electrons. The lowest BCUT2D eigenvalue weighted by Gasteiger charge is -2.22. The van der Waals surface area contributed by atoms with Crippen LogP contribution in [-0.2, 0) is 11.3 Å². The standard InChI is InChI=1S/C15H21N3O/c19-15(10-17-9-12-1-2-12)18(14-3-4-14)11-13-5-7-16-8-6-13/h5-8,12,14,17H,1-4,9-11H2. The molecular weight excluding hydrogens is 238 g/mol. The summed E-state index contributed by atoms with van der Waals surface area (Å²) in [6.45, 7) is 2.20. The van der Waals surface area contributed by atoms with E-state index in [1.165, 1.54) is 12.8 Å². The van der Waals surface area contributed by atoms with Crippen molar-refractivity contribution in [3.63, 3.8) is 0 Å². The Morgan fingerprint density at radius 1 is 1.26 bits per heavy atom. The fourth-order valence-corrected chi connectivity index (χ4v) is 2.30. The maximum absolute atomic E-state index is 12.3. The van der Waals surface area contributed by atoms with E-state index in [-0.39, 0.29) is 5.91 Å². The molecule has 102 valence electrons. The van der Waals surface area contributed by atoms with Gasteiger partial charge < -0.3 is 10.2 Å². The Balaban J connectivity index is 1.52. The SMILES string of the molecule is O=C(CNCC1CC1)N(Cc1ccncc1)C1CC1. The molecule has 1 amide bonds. The van der Waals surface area contributed by atoms with Crippen LogP contribution in [0.3, 0.4) is 0 Å². The maximum atomic E-state index is 12.3. The summed E-state index contributed by atoms with van der Waals surface area (Å²) in [4.78, 5) is 18.3. The van der Waals surface area contributed by atoms with E-state index in [0.717, 1.165) is 37.4 Å². The molecule has 0 unspecified atom stereocenters. The van der Waals surface area contributed by atoms with Gasteiger partial charge in [0.2, 0.25) is 5.91 Å². The molecule has 1 aromatic rings. The predicted octanol–water partition coefficient (Wildman–Crippen LogP) is 1.57. The van der Waals surface area contributed by atoms with Crippen molar-refractivity contribution in [3.05, 3.63) is 30.1 Å². The van der Waals surface area contributed by atoms with Crippen LogP contribution in [0.15, 0.2) is 24.5 Å². The van der Waals surface area contributed by atoms with Gasteiger partial charge >= 0.3 is 0 Å². The zero-order valence-corrected chi connectivity index (χ0v) is 11.2. The summed E-state index contributed by atoms with van der Waals surface area (Å²) < 4.78 is 0. The van der Waals surface area contributed by atoms with Gasteiger partial charge in [-0.15, -0.1) is 0 Å². The molecule has 0 spiro atoms. The molecule has 0 atom stereocenters. The summed E-state index contributed by atoms with van der Waals surface area (Å²) >= 11 is 0. The zero-order chi connectivity index (χ0) is 13.1. The highest BCUT2D eigenvalue weighted by Gasteiger charge is 2.32. The fraction of sp³-hybridized carbons (Fsp3) is 0.600. The third-order valence-electron chi connectivity index (χ3n) is 3.82. The van der Waals surface area contributed by atoms with E-state index < -0.39 is 0 Å². The molecular formula is C15H21N3O. The largest absolute Gasteiger partial charge is 0.334 e. The van der Waals surface area contributed by atoms with Crippen molar-refractivity contribution in [2.75, 3.05) is 13.1 Å². The lowest BCUT2D eigenvalue weighted by atomic mass is 10.2. The molecule has 0 bridgehead atoms. The third kappa shape index (κ3) is 3.77. The Labute approximate surface area is 114 Å². The Morgan fingerprint density at radius 3 is 2.63 bits per heavy atom. The van der Waals surface area contributed by atoms with Crippen molar-refractivity contribution in [3.8, 4) is 0 Å². The molecule has 2 fully saturated rings. The minimum absolute atomic E-state index is 0.236. The molecule has 2 saturated carbocycles. The normalized spacial score (nSPS) is 18.3. The molecule has 2 aliphatic carbocycles. The van der Waals surface area contributed by atoms with E-state index in [2.05, 4.69) is 10.3 Å². The molecule has 3 rings (SSSR count). The minimum Gasteiger partial charge on any atom is -0.334 e. The lowest BCUT2D eigenvalue weighted by Crippen LogP contribution is -2.39. The number of carbonyl (C=O) groups excluding carboxylic acids is 1. The molecule has 2 aliphatic rings. The molecule has 1 N–H and O–H groups in total. The first kappa shape index (κ1) is 12.6. The summed E-state index contributed by atoms with van der Waals surface area (Å²) in [5, 5.41) is 3.29. The molecule has 0 aliphatic heterocycles. The highest BCUT2D eigenvalue weighted by atomic mass is 16.2. The van der Waals surface area contributed by atoms with Crippen LogP contribution in [0.2, 0.25) is 0 Å². The molecule has 4 nitrogen and oxygen atoms in total. The van der Waals surface area contributed by atoms with Crippen LogP contribution >= 0.6 is 0 Å². The number of carbonyl (C=O) groups is 1. The second-order valence-corrected chi connectivity index (χ2v) is 5.68.